The predicted molar refractivity (Wildman–Crippen MR) is 64.9 cm³/mol. The topological polar surface area (TPSA) is 63.3 Å². The lowest BCUT2D eigenvalue weighted by atomic mass is 10.4. The molecule has 0 aliphatic carbocycles. The summed E-state index contributed by atoms with van der Waals surface area (Å²) in [5, 5.41) is 9.84. The summed E-state index contributed by atoms with van der Waals surface area (Å²) in [7, 11) is 0. The second-order valence-corrected chi connectivity index (χ2v) is 4.08. The van der Waals surface area contributed by atoms with Gasteiger partial charge in [0.05, 0.1) is 0 Å². The van der Waals surface area contributed by atoms with E-state index in [1.54, 1.807) is 18.2 Å². The summed E-state index contributed by atoms with van der Waals surface area (Å²) >= 11 is 16.7. The Morgan fingerprint density at radius 1 is 1.12 bits per heavy atom. The van der Waals surface area contributed by atoms with Crippen molar-refractivity contribution in [3.63, 3.8) is 0 Å². The maximum atomic E-state index is 9.94. The quantitative estimate of drug-likeness (QED) is 0.863. The van der Waals surface area contributed by atoms with Crippen molar-refractivity contribution in [3.8, 4) is 0 Å². The summed E-state index contributed by atoms with van der Waals surface area (Å²) in [6.07, 6.45) is 2.14. The Kier molecular flexibility index (Phi) is 5.28. The molecule has 1 aromatic carbocycles. The predicted octanol–water partition coefficient (Wildman–Crippen LogP) is 4.02. The Balaban J connectivity index is 0.000000171. The van der Waals surface area contributed by atoms with Gasteiger partial charge in [0, 0.05) is 15.1 Å². The number of carboxylic acid groups (broad SMARTS) is 1. The van der Waals surface area contributed by atoms with E-state index in [1.165, 1.54) is 0 Å². The highest BCUT2D eigenvalue weighted by Crippen LogP contribution is 2.21. The van der Waals surface area contributed by atoms with Crippen LogP contribution in [0.4, 0.5) is 0 Å². The van der Waals surface area contributed by atoms with Crippen molar-refractivity contribution >= 4 is 40.8 Å². The molecule has 0 saturated heterocycles. The van der Waals surface area contributed by atoms with E-state index in [0.29, 0.717) is 15.1 Å². The maximum Gasteiger partial charge on any atom is 0.357 e. The average molecular weight is 295 g/mol. The lowest BCUT2D eigenvalue weighted by Crippen LogP contribution is -1.94. The largest absolute Gasteiger partial charge is 0.476 e. The summed E-state index contributed by atoms with van der Waals surface area (Å²) in [5.41, 5.74) is -0.0648. The lowest BCUT2D eigenvalue weighted by molar-refractivity contribution is 0.0690. The van der Waals surface area contributed by atoms with Gasteiger partial charge < -0.3 is 9.52 Å². The van der Waals surface area contributed by atoms with E-state index >= 15 is 0 Å². The summed E-state index contributed by atoms with van der Waals surface area (Å²) in [6.45, 7) is 0. The number of hydrogen-bond donors (Lipinski definition) is 1. The van der Waals surface area contributed by atoms with Crippen LogP contribution in [0.5, 0.6) is 0 Å². The fourth-order valence-corrected chi connectivity index (χ4v) is 1.71. The van der Waals surface area contributed by atoms with Crippen LogP contribution in [0.1, 0.15) is 10.5 Å². The number of benzene rings is 1. The van der Waals surface area contributed by atoms with Gasteiger partial charge in [-0.2, -0.15) is 0 Å². The molecular weight excluding hydrogens is 288 g/mol. The molecule has 0 saturated carbocycles. The first-order chi connectivity index (χ1) is 7.99. The molecule has 1 N–H and O–H groups in total. The highest BCUT2D eigenvalue weighted by molar-refractivity contribution is 6.38. The van der Waals surface area contributed by atoms with Crippen LogP contribution < -0.4 is 0 Å². The lowest BCUT2D eigenvalue weighted by Gasteiger charge is -1.91. The number of rotatable bonds is 1. The Morgan fingerprint density at radius 3 is 1.82 bits per heavy atom. The number of nitrogens with zero attached hydrogens (tertiary/aromatic N) is 1. The number of carboxylic acids is 1. The fraction of sp³-hybridized carbons (Fsp3) is 0. The number of halogens is 3. The molecule has 90 valence electrons. The van der Waals surface area contributed by atoms with Gasteiger partial charge in [0.15, 0.2) is 12.1 Å². The van der Waals surface area contributed by atoms with Crippen LogP contribution in [-0.4, -0.2) is 16.1 Å². The molecule has 0 bridgehead atoms. The van der Waals surface area contributed by atoms with Gasteiger partial charge in [-0.25, -0.2) is 9.78 Å². The normalized spacial score (nSPS) is 9.35. The van der Waals surface area contributed by atoms with Gasteiger partial charge in [0.2, 0.25) is 0 Å². The molecule has 0 unspecified atom stereocenters. The molecule has 1 heterocycles. The Bertz CT molecular complexity index is 449. The van der Waals surface area contributed by atoms with Crippen LogP contribution in [-0.2, 0) is 0 Å². The number of oxazole rings is 1. The molecule has 7 heteroatoms. The number of aromatic nitrogens is 1. The second-order valence-electron chi connectivity index (χ2n) is 2.77. The minimum absolute atomic E-state index is 0.0648. The molecule has 17 heavy (non-hydrogen) atoms. The van der Waals surface area contributed by atoms with Gasteiger partial charge in [0.25, 0.3) is 0 Å². The first-order valence-electron chi connectivity index (χ1n) is 4.22. The highest BCUT2D eigenvalue weighted by Gasteiger charge is 2.02. The van der Waals surface area contributed by atoms with Gasteiger partial charge >= 0.3 is 5.97 Å². The van der Waals surface area contributed by atoms with E-state index in [9.17, 15) is 4.79 Å². The molecule has 0 atom stereocenters. The number of hydrogen-bond acceptors (Lipinski definition) is 3. The van der Waals surface area contributed by atoms with Crippen LogP contribution in [0.2, 0.25) is 15.1 Å². The molecule has 0 aliphatic rings. The van der Waals surface area contributed by atoms with Crippen molar-refractivity contribution in [1.82, 2.24) is 4.98 Å². The van der Waals surface area contributed by atoms with E-state index in [0.717, 1.165) is 12.7 Å². The SMILES string of the molecule is Clc1cc(Cl)cc(Cl)c1.O=C(O)c1cocn1. The minimum Gasteiger partial charge on any atom is -0.476 e. The van der Waals surface area contributed by atoms with Crippen LogP contribution in [0.25, 0.3) is 0 Å². The van der Waals surface area contributed by atoms with E-state index in [2.05, 4.69) is 9.40 Å². The van der Waals surface area contributed by atoms with Crippen LogP contribution >= 0.6 is 34.8 Å². The molecule has 4 nitrogen and oxygen atoms in total. The summed E-state index contributed by atoms with van der Waals surface area (Å²) in [5.74, 6) is -1.07. The van der Waals surface area contributed by atoms with Gasteiger partial charge in [-0.3, -0.25) is 0 Å². The van der Waals surface area contributed by atoms with Crippen molar-refractivity contribution in [2.24, 2.45) is 0 Å². The van der Waals surface area contributed by atoms with Crippen LogP contribution in [0, 0.1) is 0 Å². The Labute approximate surface area is 112 Å². The zero-order chi connectivity index (χ0) is 12.8. The van der Waals surface area contributed by atoms with Crippen molar-refractivity contribution < 1.29 is 14.3 Å². The van der Waals surface area contributed by atoms with Gasteiger partial charge in [0.1, 0.15) is 6.26 Å². The van der Waals surface area contributed by atoms with Gasteiger partial charge in [-0.1, -0.05) is 34.8 Å². The van der Waals surface area contributed by atoms with E-state index in [1.807, 2.05) is 0 Å². The van der Waals surface area contributed by atoms with Crippen molar-refractivity contribution in [3.05, 3.63) is 51.6 Å². The first-order valence-corrected chi connectivity index (χ1v) is 5.35. The van der Waals surface area contributed by atoms with Crippen molar-refractivity contribution in [2.45, 2.75) is 0 Å². The van der Waals surface area contributed by atoms with Gasteiger partial charge in [-0.15, -0.1) is 0 Å². The number of aromatic carboxylic acids is 1. The van der Waals surface area contributed by atoms with E-state index in [-0.39, 0.29) is 5.69 Å². The maximum absolute atomic E-state index is 9.94. The van der Waals surface area contributed by atoms with Crippen molar-refractivity contribution in [2.75, 3.05) is 0 Å². The zero-order valence-electron chi connectivity index (χ0n) is 8.23. The third-order valence-corrected chi connectivity index (χ3v) is 2.13. The zero-order valence-corrected chi connectivity index (χ0v) is 10.5. The Morgan fingerprint density at radius 2 is 1.59 bits per heavy atom. The number of carbonyl (C=O) groups is 1. The van der Waals surface area contributed by atoms with E-state index < -0.39 is 5.97 Å². The summed E-state index contributed by atoms with van der Waals surface area (Å²) in [6, 6.07) is 4.90. The molecule has 0 radical (unpaired) electrons. The first kappa shape index (κ1) is 13.8. The van der Waals surface area contributed by atoms with E-state index in [4.69, 9.17) is 39.9 Å². The summed E-state index contributed by atoms with van der Waals surface area (Å²) < 4.78 is 4.38. The van der Waals surface area contributed by atoms with Gasteiger partial charge in [-0.05, 0) is 18.2 Å². The second kappa shape index (κ2) is 6.49. The van der Waals surface area contributed by atoms with Crippen LogP contribution in [0.3, 0.4) is 0 Å². The standard InChI is InChI=1S/C6H3Cl3.C4H3NO3/c7-4-1-5(8)3-6(9)2-4;6-4(7)3-1-8-2-5-3/h1-3H;1-2H,(H,6,7). The highest BCUT2D eigenvalue weighted by atomic mass is 35.5. The summed E-state index contributed by atoms with van der Waals surface area (Å²) in [4.78, 5) is 13.3. The minimum atomic E-state index is -1.07. The molecule has 0 spiro atoms. The molecule has 0 fully saturated rings. The Hall–Kier alpha value is -1.23. The van der Waals surface area contributed by atoms with Crippen LogP contribution in [0.15, 0.2) is 35.3 Å². The fourth-order valence-electron chi connectivity index (χ4n) is 0.838. The average Bonchev–Trinajstić information content (AvgIpc) is 2.68. The third-order valence-electron chi connectivity index (χ3n) is 1.48. The smallest absolute Gasteiger partial charge is 0.357 e. The third kappa shape index (κ3) is 5.08. The molecule has 1 aromatic heterocycles. The molecular formula is C10H6Cl3NO3. The monoisotopic (exact) mass is 293 g/mol. The molecule has 2 aromatic rings. The molecule has 2 rings (SSSR count). The van der Waals surface area contributed by atoms with Crippen molar-refractivity contribution in [1.29, 1.82) is 0 Å². The molecule has 0 amide bonds. The molecule has 0 aliphatic heterocycles.